The Labute approximate surface area is 152 Å². The number of hydrogen-bond acceptors (Lipinski definition) is 2. The Kier molecular flexibility index (Phi) is 5.19. The van der Waals surface area contributed by atoms with Crippen LogP contribution in [0.3, 0.4) is 0 Å². The first-order valence-corrected chi connectivity index (χ1v) is 8.27. The van der Waals surface area contributed by atoms with Gasteiger partial charge in [0.1, 0.15) is 17.7 Å². The maximum Gasteiger partial charge on any atom is 0.410 e. The van der Waals surface area contributed by atoms with E-state index < -0.39 is 41.8 Å². The number of amides is 1. The smallest absolute Gasteiger partial charge is 0.388 e. The van der Waals surface area contributed by atoms with Crippen LogP contribution in [0.15, 0.2) is 48.5 Å². The van der Waals surface area contributed by atoms with E-state index in [4.69, 9.17) is 0 Å². The van der Waals surface area contributed by atoms with Crippen LogP contribution < -0.4 is 4.90 Å². The van der Waals surface area contributed by atoms with E-state index in [1.54, 1.807) is 0 Å². The van der Waals surface area contributed by atoms with Crippen LogP contribution in [0.2, 0.25) is 0 Å². The summed E-state index contributed by atoms with van der Waals surface area (Å²) in [6.45, 7) is 0. The minimum atomic E-state index is -4.66. The van der Waals surface area contributed by atoms with Gasteiger partial charge >= 0.3 is 6.18 Å². The number of halogens is 5. The minimum absolute atomic E-state index is 0.0286. The molecule has 1 fully saturated rings. The molecule has 1 saturated heterocycles. The van der Waals surface area contributed by atoms with Crippen LogP contribution in [0.25, 0.3) is 0 Å². The summed E-state index contributed by atoms with van der Waals surface area (Å²) in [5.41, 5.74) is 0.334. The normalized spacial score (nSPS) is 21.1. The molecule has 3 nitrogen and oxygen atoms in total. The monoisotopic (exact) mass is 385 g/mol. The summed E-state index contributed by atoms with van der Waals surface area (Å²) in [6.07, 6.45) is -6.02. The van der Waals surface area contributed by atoms with Crippen molar-refractivity contribution in [3.63, 3.8) is 0 Å². The minimum Gasteiger partial charge on any atom is -0.388 e. The molecule has 1 N–H and O–H groups in total. The third-order valence-corrected chi connectivity index (χ3v) is 4.66. The van der Waals surface area contributed by atoms with Crippen LogP contribution >= 0.6 is 0 Å². The number of aliphatic hydroxyl groups is 1. The summed E-state index contributed by atoms with van der Waals surface area (Å²) in [7, 11) is 0. The van der Waals surface area contributed by atoms with Gasteiger partial charge in [-0.1, -0.05) is 12.1 Å². The van der Waals surface area contributed by atoms with E-state index in [9.17, 15) is 31.9 Å². The Bertz CT molecular complexity index is 804. The molecule has 3 atom stereocenters. The van der Waals surface area contributed by atoms with Gasteiger partial charge in [0.05, 0.1) is 12.0 Å². The number of carbonyl (C=O) groups is 1. The van der Waals surface area contributed by atoms with Gasteiger partial charge in [0.2, 0.25) is 5.91 Å². The van der Waals surface area contributed by atoms with E-state index in [0.29, 0.717) is 10.5 Å². The second kappa shape index (κ2) is 7.26. The first kappa shape index (κ1) is 19.3. The van der Waals surface area contributed by atoms with Gasteiger partial charge in [-0.15, -0.1) is 0 Å². The van der Waals surface area contributed by atoms with Crippen molar-refractivity contribution in [3.8, 4) is 0 Å². The van der Waals surface area contributed by atoms with Crippen LogP contribution in [0.1, 0.15) is 24.5 Å². The average Bonchev–Trinajstić information content (AvgIpc) is 2.60. The van der Waals surface area contributed by atoms with Crippen LogP contribution in [-0.4, -0.2) is 23.2 Å². The van der Waals surface area contributed by atoms with Crippen LogP contribution in [0, 0.1) is 17.6 Å². The fourth-order valence-electron chi connectivity index (χ4n) is 3.28. The third-order valence-electron chi connectivity index (χ3n) is 4.66. The molecule has 0 aliphatic carbocycles. The third kappa shape index (κ3) is 3.95. The van der Waals surface area contributed by atoms with Gasteiger partial charge in [-0.05, 0) is 54.8 Å². The average molecular weight is 385 g/mol. The Hall–Kier alpha value is -2.48. The number of benzene rings is 2. The molecule has 1 amide bonds. The van der Waals surface area contributed by atoms with Crippen molar-refractivity contribution >= 4 is 11.6 Å². The molecule has 1 aliphatic rings. The Morgan fingerprint density at radius 2 is 1.48 bits per heavy atom. The molecule has 1 heterocycles. The first-order chi connectivity index (χ1) is 12.7. The molecule has 2 aromatic rings. The van der Waals surface area contributed by atoms with Crippen LogP contribution in [0.4, 0.5) is 27.6 Å². The molecule has 0 radical (unpaired) electrons. The zero-order chi connectivity index (χ0) is 19.8. The highest BCUT2D eigenvalue weighted by Crippen LogP contribution is 2.44. The van der Waals surface area contributed by atoms with Gasteiger partial charge < -0.3 is 5.11 Å². The lowest BCUT2D eigenvalue weighted by molar-refractivity contribution is -0.184. The molecule has 3 rings (SSSR count). The number of β-lactam (4-membered cyclic amide) rings is 1. The van der Waals surface area contributed by atoms with E-state index >= 15 is 0 Å². The SMILES string of the molecule is O=C1[C@H](CC[C@H](O)c2ccc(F)cc2)[C@@H](C(F)(F)F)N1c1ccc(F)cc1. The number of hydrogen-bond donors (Lipinski definition) is 1. The molecule has 0 unspecified atom stereocenters. The van der Waals surface area contributed by atoms with Gasteiger partial charge in [-0.25, -0.2) is 8.78 Å². The number of rotatable bonds is 5. The number of carbonyl (C=O) groups excluding carboxylic acids is 1. The zero-order valence-electron chi connectivity index (χ0n) is 14.0. The van der Waals surface area contributed by atoms with Gasteiger partial charge in [0, 0.05) is 5.69 Å². The maximum absolute atomic E-state index is 13.5. The molecule has 27 heavy (non-hydrogen) atoms. The molecule has 8 heteroatoms. The molecule has 144 valence electrons. The van der Waals surface area contributed by atoms with E-state index in [0.717, 1.165) is 36.4 Å². The van der Waals surface area contributed by atoms with Crippen molar-refractivity contribution in [2.75, 3.05) is 4.90 Å². The lowest BCUT2D eigenvalue weighted by Gasteiger charge is -2.47. The van der Waals surface area contributed by atoms with E-state index in [1.807, 2.05) is 0 Å². The van der Waals surface area contributed by atoms with Crippen molar-refractivity contribution in [2.24, 2.45) is 5.92 Å². The predicted molar refractivity (Wildman–Crippen MR) is 87.8 cm³/mol. The van der Waals surface area contributed by atoms with E-state index in [-0.39, 0.29) is 18.5 Å². The molecule has 2 aromatic carbocycles. The van der Waals surface area contributed by atoms with Gasteiger partial charge in [-0.2, -0.15) is 13.2 Å². The summed E-state index contributed by atoms with van der Waals surface area (Å²) < 4.78 is 66.3. The standard InChI is InChI=1S/C19H16F5NO2/c20-12-3-1-11(2-4-12)16(26)10-9-15-17(19(22,23)24)25(18(15)27)14-7-5-13(21)6-8-14/h1-8,15-17,26H,9-10H2/t15-,16+,17+/m1/s1. The summed E-state index contributed by atoms with van der Waals surface area (Å²) in [6, 6.07) is 7.15. The second-order valence-corrected chi connectivity index (χ2v) is 6.42. The lowest BCUT2D eigenvalue weighted by atomic mass is 9.81. The molecular weight excluding hydrogens is 369 g/mol. The first-order valence-electron chi connectivity index (χ1n) is 8.27. The lowest BCUT2D eigenvalue weighted by Crippen LogP contribution is -2.67. The molecule has 0 spiro atoms. The Balaban J connectivity index is 1.72. The molecular formula is C19H16F5NO2. The number of anilines is 1. The van der Waals surface area contributed by atoms with Crippen molar-refractivity contribution in [3.05, 3.63) is 65.7 Å². The van der Waals surface area contributed by atoms with Crippen LogP contribution in [0.5, 0.6) is 0 Å². The van der Waals surface area contributed by atoms with Crippen molar-refractivity contribution in [1.82, 2.24) is 0 Å². The predicted octanol–water partition coefficient (Wildman–Crippen LogP) is 4.37. The Morgan fingerprint density at radius 3 is 2.00 bits per heavy atom. The topological polar surface area (TPSA) is 40.5 Å². The maximum atomic E-state index is 13.5. The number of nitrogens with zero attached hydrogens (tertiary/aromatic N) is 1. The van der Waals surface area contributed by atoms with Crippen LogP contribution in [-0.2, 0) is 4.79 Å². The zero-order valence-corrected chi connectivity index (χ0v) is 14.0. The van der Waals surface area contributed by atoms with Crippen molar-refractivity contribution in [2.45, 2.75) is 31.2 Å². The van der Waals surface area contributed by atoms with Crippen molar-refractivity contribution < 1.29 is 31.9 Å². The Morgan fingerprint density at radius 1 is 0.963 bits per heavy atom. The number of aliphatic hydroxyl groups excluding tert-OH is 1. The van der Waals surface area contributed by atoms with E-state index in [1.165, 1.54) is 12.1 Å². The highest BCUT2D eigenvalue weighted by atomic mass is 19.4. The van der Waals surface area contributed by atoms with E-state index in [2.05, 4.69) is 0 Å². The largest absolute Gasteiger partial charge is 0.410 e. The second-order valence-electron chi connectivity index (χ2n) is 6.42. The summed E-state index contributed by atoms with van der Waals surface area (Å²) in [5, 5.41) is 10.1. The molecule has 1 aliphatic heterocycles. The molecule has 0 saturated carbocycles. The summed E-state index contributed by atoms with van der Waals surface area (Å²) in [4.78, 5) is 12.9. The fraction of sp³-hybridized carbons (Fsp3) is 0.316. The molecule has 0 aromatic heterocycles. The highest BCUT2D eigenvalue weighted by Gasteiger charge is 2.60. The molecule has 0 bridgehead atoms. The summed E-state index contributed by atoms with van der Waals surface area (Å²) in [5.74, 6) is -3.16. The van der Waals surface area contributed by atoms with Gasteiger partial charge in [0.25, 0.3) is 0 Å². The van der Waals surface area contributed by atoms with Gasteiger partial charge in [-0.3, -0.25) is 9.69 Å². The fourth-order valence-corrected chi connectivity index (χ4v) is 3.28. The number of alkyl halides is 3. The van der Waals surface area contributed by atoms with Crippen molar-refractivity contribution in [1.29, 1.82) is 0 Å². The quantitative estimate of drug-likeness (QED) is 0.613. The highest BCUT2D eigenvalue weighted by molar-refractivity contribution is 6.03. The summed E-state index contributed by atoms with van der Waals surface area (Å²) >= 11 is 0. The van der Waals surface area contributed by atoms with Gasteiger partial charge in [0.15, 0.2) is 0 Å².